The van der Waals surface area contributed by atoms with Crippen LogP contribution < -0.4 is 10.6 Å². The number of nitrogens with one attached hydrogen (secondary N) is 2. The lowest BCUT2D eigenvalue weighted by atomic mass is 9.92. The molecule has 3 fully saturated rings. The fraction of sp³-hybridized carbons (Fsp3) is 0.917. The van der Waals surface area contributed by atoms with Crippen molar-refractivity contribution in [3.63, 3.8) is 0 Å². The van der Waals surface area contributed by atoms with E-state index in [-0.39, 0.29) is 11.9 Å². The van der Waals surface area contributed by atoms with Gasteiger partial charge in [0.05, 0.1) is 6.04 Å². The lowest BCUT2D eigenvalue weighted by molar-refractivity contribution is -0.124. The highest BCUT2D eigenvalue weighted by atomic mass is 16.2. The molecule has 0 spiro atoms. The molecule has 3 heterocycles. The summed E-state index contributed by atoms with van der Waals surface area (Å²) in [6, 6.07) is 0.651. The van der Waals surface area contributed by atoms with Gasteiger partial charge in [-0.1, -0.05) is 0 Å². The molecule has 4 heteroatoms. The van der Waals surface area contributed by atoms with E-state index >= 15 is 0 Å². The van der Waals surface area contributed by atoms with Crippen LogP contribution in [0.5, 0.6) is 0 Å². The maximum absolute atomic E-state index is 11.7. The molecule has 1 amide bonds. The Labute approximate surface area is 96.8 Å². The van der Waals surface area contributed by atoms with Crippen LogP contribution in [0, 0.1) is 5.92 Å². The van der Waals surface area contributed by atoms with Crippen LogP contribution in [0.1, 0.15) is 25.7 Å². The summed E-state index contributed by atoms with van der Waals surface area (Å²) in [7, 11) is 0. The molecule has 2 N–H and O–H groups in total. The molecule has 4 nitrogen and oxygen atoms in total. The molecule has 3 saturated heterocycles. The number of fused-ring (bicyclic) bond motifs is 2. The number of carbonyl (C=O) groups excluding carboxylic acids is 1. The number of piperidine rings is 2. The zero-order valence-electron chi connectivity index (χ0n) is 9.74. The highest BCUT2D eigenvalue weighted by Crippen LogP contribution is 2.27. The van der Waals surface area contributed by atoms with E-state index in [0.717, 1.165) is 25.3 Å². The number of rotatable bonds is 2. The normalized spacial score (nSPS) is 43.1. The number of carbonyl (C=O) groups is 1. The predicted molar refractivity (Wildman–Crippen MR) is 62.1 cm³/mol. The summed E-state index contributed by atoms with van der Waals surface area (Å²) in [5, 5.41) is 6.55. The zero-order valence-corrected chi connectivity index (χ0v) is 9.74. The summed E-state index contributed by atoms with van der Waals surface area (Å²) in [6.07, 6.45) is 4.66. The first-order valence-electron chi connectivity index (χ1n) is 6.59. The molecule has 0 aromatic rings. The van der Waals surface area contributed by atoms with Crippen LogP contribution in [0.2, 0.25) is 0 Å². The van der Waals surface area contributed by atoms with E-state index in [1.165, 1.54) is 32.5 Å². The molecule has 0 saturated carbocycles. The molecule has 90 valence electrons. The third kappa shape index (κ3) is 1.96. The van der Waals surface area contributed by atoms with Gasteiger partial charge in [-0.3, -0.25) is 4.79 Å². The maximum atomic E-state index is 11.7. The van der Waals surface area contributed by atoms with E-state index in [1.54, 1.807) is 0 Å². The van der Waals surface area contributed by atoms with E-state index < -0.39 is 0 Å². The molecular formula is C12H21N3O. The Balaban J connectivity index is 1.59. The first-order valence-corrected chi connectivity index (χ1v) is 6.59. The highest BCUT2D eigenvalue weighted by Gasteiger charge is 2.36. The number of nitrogens with zero attached hydrogens (tertiary/aromatic N) is 1. The fourth-order valence-electron chi connectivity index (χ4n) is 3.36. The van der Waals surface area contributed by atoms with Crippen LogP contribution in [0.3, 0.4) is 0 Å². The second-order valence-electron chi connectivity index (χ2n) is 5.40. The molecular weight excluding hydrogens is 202 g/mol. The van der Waals surface area contributed by atoms with E-state index in [0.29, 0.717) is 6.04 Å². The summed E-state index contributed by atoms with van der Waals surface area (Å²) in [6.45, 7) is 4.58. The van der Waals surface area contributed by atoms with Gasteiger partial charge in [-0.2, -0.15) is 0 Å². The summed E-state index contributed by atoms with van der Waals surface area (Å²) < 4.78 is 0. The van der Waals surface area contributed by atoms with Crippen molar-refractivity contribution in [3.8, 4) is 0 Å². The quantitative estimate of drug-likeness (QED) is 0.690. The van der Waals surface area contributed by atoms with Gasteiger partial charge in [-0.15, -0.1) is 0 Å². The summed E-state index contributed by atoms with van der Waals surface area (Å²) in [5.74, 6) is 0.996. The van der Waals surface area contributed by atoms with Crippen molar-refractivity contribution in [1.29, 1.82) is 0 Å². The van der Waals surface area contributed by atoms with Crippen LogP contribution >= 0.6 is 0 Å². The first kappa shape index (κ1) is 10.5. The van der Waals surface area contributed by atoms with Crippen molar-refractivity contribution in [1.82, 2.24) is 15.5 Å². The van der Waals surface area contributed by atoms with Crippen molar-refractivity contribution in [2.24, 2.45) is 5.92 Å². The Bertz CT molecular complexity index is 281. The van der Waals surface area contributed by atoms with Crippen molar-refractivity contribution in [2.45, 2.75) is 37.8 Å². The van der Waals surface area contributed by atoms with Gasteiger partial charge in [-0.25, -0.2) is 0 Å². The Kier molecular flexibility index (Phi) is 2.86. The van der Waals surface area contributed by atoms with E-state index in [4.69, 9.17) is 0 Å². The highest BCUT2D eigenvalue weighted by molar-refractivity contribution is 5.82. The standard InChI is InChI=1S/C12H21N3O/c16-12-11(2-1-5-13-12)14-10-4-7-15-6-3-9(10)8-15/h9-11,14H,1-8H2,(H,13,16). The molecule has 0 aromatic carbocycles. The minimum absolute atomic E-state index is 0.0749. The van der Waals surface area contributed by atoms with Crippen LogP contribution in [-0.4, -0.2) is 49.1 Å². The lowest BCUT2D eigenvalue weighted by Gasteiger charge is -2.34. The van der Waals surface area contributed by atoms with Crippen molar-refractivity contribution in [3.05, 3.63) is 0 Å². The molecule has 3 rings (SSSR count). The monoisotopic (exact) mass is 223 g/mol. The first-order chi connectivity index (χ1) is 7.83. The van der Waals surface area contributed by atoms with Gasteiger partial charge in [0.15, 0.2) is 0 Å². The van der Waals surface area contributed by atoms with Crippen LogP contribution in [0.4, 0.5) is 0 Å². The third-order valence-corrected chi connectivity index (χ3v) is 4.33. The van der Waals surface area contributed by atoms with Gasteiger partial charge in [0, 0.05) is 19.1 Å². The molecule has 0 aliphatic carbocycles. The fourth-order valence-corrected chi connectivity index (χ4v) is 3.36. The number of amides is 1. The molecule has 3 aliphatic heterocycles. The van der Waals surface area contributed by atoms with Crippen LogP contribution in [0.15, 0.2) is 0 Å². The SMILES string of the molecule is O=C1NCCCC1NC1CCN2CCC1C2. The molecule has 4 unspecified atom stereocenters. The number of hydrogen-bond donors (Lipinski definition) is 2. The second kappa shape index (κ2) is 4.34. The third-order valence-electron chi connectivity index (χ3n) is 4.33. The molecule has 2 bridgehead atoms. The van der Waals surface area contributed by atoms with Crippen LogP contribution in [0.25, 0.3) is 0 Å². The van der Waals surface area contributed by atoms with E-state index in [2.05, 4.69) is 15.5 Å². The Hall–Kier alpha value is -0.610. The minimum atomic E-state index is 0.0749. The van der Waals surface area contributed by atoms with Gasteiger partial charge < -0.3 is 15.5 Å². The summed E-state index contributed by atoms with van der Waals surface area (Å²) >= 11 is 0. The maximum Gasteiger partial charge on any atom is 0.237 e. The van der Waals surface area contributed by atoms with Crippen molar-refractivity contribution < 1.29 is 4.79 Å². The molecule has 16 heavy (non-hydrogen) atoms. The molecule has 0 aromatic heterocycles. The topological polar surface area (TPSA) is 44.4 Å². The Morgan fingerprint density at radius 3 is 3.00 bits per heavy atom. The van der Waals surface area contributed by atoms with Gasteiger partial charge in [0.2, 0.25) is 5.91 Å². The largest absolute Gasteiger partial charge is 0.355 e. The number of hydrogen-bond acceptors (Lipinski definition) is 3. The van der Waals surface area contributed by atoms with Crippen molar-refractivity contribution >= 4 is 5.91 Å². The molecule has 4 atom stereocenters. The average molecular weight is 223 g/mol. The second-order valence-corrected chi connectivity index (χ2v) is 5.40. The Morgan fingerprint density at radius 1 is 1.25 bits per heavy atom. The zero-order chi connectivity index (χ0) is 11.0. The van der Waals surface area contributed by atoms with Gasteiger partial charge in [0.1, 0.15) is 0 Å². The minimum Gasteiger partial charge on any atom is -0.355 e. The van der Waals surface area contributed by atoms with E-state index in [1.807, 2.05) is 0 Å². The Morgan fingerprint density at radius 2 is 2.12 bits per heavy atom. The van der Waals surface area contributed by atoms with E-state index in [9.17, 15) is 4.79 Å². The lowest BCUT2D eigenvalue weighted by Crippen LogP contribution is -2.55. The molecule has 0 radical (unpaired) electrons. The average Bonchev–Trinajstić information content (AvgIpc) is 2.68. The van der Waals surface area contributed by atoms with Gasteiger partial charge in [0.25, 0.3) is 0 Å². The molecule has 3 aliphatic rings. The predicted octanol–water partition coefficient (Wildman–Crippen LogP) is -0.0512. The smallest absolute Gasteiger partial charge is 0.237 e. The summed E-state index contributed by atoms with van der Waals surface area (Å²) in [5.41, 5.74) is 0. The summed E-state index contributed by atoms with van der Waals surface area (Å²) in [4.78, 5) is 14.2. The van der Waals surface area contributed by atoms with Gasteiger partial charge in [-0.05, 0) is 44.7 Å². The van der Waals surface area contributed by atoms with Crippen molar-refractivity contribution in [2.75, 3.05) is 26.2 Å². The van der Waals surface area contributed by atoms with Gasteiger partial charge >= 0.3 is 0 Å². The van der Waals surface area contributed by atoms with Crippen LogP contribution in [-0.2, 0) is 4.79 Å².